The second kappa shape index (κ2) is 14.7. The fourth-order valence-electron chi connectivity index (χ4n) is 4.93. The lowest BCUT2D eigenvalue weighted by Crippen LogP contribution is -2.29. The first kappa shape index (κ1) is 32.2. The summed E-state index contributed by atoms with van der Waals surface area (Å²) in [5, 5.41) is 11.7. The third-order valence-corrected chi connectivity index (χ3v) is 8.41. The summed E-state index contributed by atoms with van der Waals surface area (Å²) in [6.07, 6.45) is 3.27. The lowest BCUT2D eigenvalue weighted by Gasteiger charge is -2.23. The Morgan fingerprint density at radius 3 is 2.50 bits per heavy atom. The maximum Gasteiger partial charge on any atom is 0.350 e. The maximum atomic E-state index is 13.7. The van der Waals surface area contributed by atoms with E-state index in [9.17, 15) is 19.5 Å². The topological polar surface area (TPSA) is 115 Å². The van der Waals surface area contributed by atoms with Crippen LogP contribution in [-0.2, 0) is 20.9 Å². The third kappa shape index (κ3) is 7.02. The quantitative estimate of drug-likeness (QED) is 0.0409. The number of rotatable bonds is 13. The minimum Gasteiger partial charge on any atom is -0.507 e. The van der Waals surface area contributed by atoms with Crippen molar-refractivity contribution in [3.05, 3.63) is 124 Å². The van der Waals surface area contributed by atoms with Gasteiger partial charge in [0.05, 0.1) is 23.9 Å². The van der Waals surface area contributed by atoms with Gasteiger partial charge in [0.15, 0.2) is 5.13 Å². The van der Waals surface area contributed by atoms with Crippen LogP contribution in [0.3, 0.4) is 0 Å². The maximum absolute atomic E-state index is 13.7. The molecule has 0 aliphatic carbocycles. The van der Waals surface area contributed by atoms with Gasteiger partial charge in [-0.15, -0.1) is 0 Å². The number of unbranched alkanes of at least 4 members (excludes halogenated alkanes) is 1. The second-order valence-corrected chi connectivity index (χ2v) is 11.5. The number of hydrogen-bond donors (Lipinski definition) is 1. The number of amides is 1. The van der Waals surface area contributed by atoms with Crippen LogP contribution in [0.4, 0.5) is 5.13 Å². The number of ketones is 1. The van der Waals surface area contributed by atoms with Crippen LogP contribution >= 0.6 is 11.3 Å². The average Bonchev–Trinajstić information content (AvgIpc) is 3.59. The van der Waals surface area contributed by atoms with E-state index in [-0.39, 0.29) is 27.9 Å². The lowest BCUT2D eigenvalue weighted by molar-refractivity contribution is -0.132. The molecule has 10 heteroatoms. The Labute approximate surface area is 271 Å². The Bertz CT molecular complexity index is 1760. The van der Waals surface area contributed by atoms with Gasteiger partial charge in [-0.2, -0.15) is 0 Å². The molecule has 5 rings (SSSR count). The van der Waals surface area contributed by atoms with E-state index in [0.29, 0.717) is 41.5 Å². The highest BCUT2D eigenvalue weighted by atomic mass is 32.1. The van der Waals surface area contributed by atoms with Crippen LogP contribution in [-0.4, -0.2) is 41.0 Å². The number of esters is 1. The van der Waals surface area contributed by atoms with E-state index >= 15 is 0 Å². The Hall–Kier alpha value is -5.22. The molecular formula is C36H34N2O7S. The summed E-state index contributed by atoms with van der Waals surface area (Å²) in [7, 11) is 0. The molecule has 1 atom stereocenters. The number of carbonyl (C=O) groups is 3. The molecule has 46 heavy (non-hydrogen) atoms. The number of aliphatic hydroxyl groups excluding tert-OH is 1. The molecule has 1 N–H and O–H groups in total. The van der Waals surface area contributed by atoms with Crippen molar-refractivity contribution in [2.45, 2.75) is 39.3 Å². The number of Topliss-reactive ketones (excluding diaryl/α,β-unsaturated/α-hetero) is 1. The molecule has 0 spiro atoms. The van der Waals surface area contributed by atoms with Crippen molar-refractivity contribution in [3.8, 4) is 11.5 Å². The molecule has 9 nitrogen and oxygen atoms in total. The van der Waals surface area contributed by atoms with Crippen LogP contribution in [0.1, 0.15) is 57.9 Å². The van der Waals surface area contributed by atoms with Crippen molar-refractivity contribution in [3.63, 3.8) is 0 Å². The van der Waals surface area contributed by atoms with E-state index < -0.39 is 23.7 Å². The van der Waals surface area contributed by atoms with Gasteiger partial charge in [0, 0.05) is 5.56 Å². The second-order valence-electron chi connectivity index (χ2n) is 10.5. The Balaban J connectivity index is 1.55. The van der Waals surface area contributed by atoms with Crippen molar-refractivity contribution in [2.75, 3.05) is 18.1 Å². The zero-order chi connectivity index (χ0) is 32.6. The number of carbonyl (C=O) groups excluding carboxylic acids is 3. The molecule has 1 fully saturated rings. The number of benzene rings is 3. The normalized spacial score (nSPS) is 15.5. The molecule has 1 aromatic heterocycles. The van der Waals surface area contributed by atoms with E-state index in [0.717, 1.165) is 29.7 Å². The van der Waals surface area contributed by atoms with Gasteiger partial charge in [-0.3, -0.25) is 14.5 Å². The fraction of sp³-hybridized carbons (Fsp3) is 0.222. The molecule has 236 valence electrons. The number of hydrogen-bond acceptors (Lipinski definition) is 9. The van der Waals surface area contributed by atoms with E-state index in [1.54, 1.807) is 55.5 Å². The van der Waals surface area contributed by atoms with Gasteiger partial charge in [-0.25, -0.2) is 9.78 Å². The number of nitrogens with zero attached hydrogens (tertiary/aromatic N) is 2. The zero-order valence-electron chi connectivity index (χ0n) is 25.6. The highest BCUT2D eigenvalue weighted by molar-refractivity contribution is 7.17. The predicted octanol–water partition coefficient (Wildman–Crippen LogP) is 7.18. The van der Waals surface area contributed by atoms with Crippen molar-refractivity contribution < 1.29 is 33.7 Å². The van der Waals surface area contributed by atoms with Crippen molar-refractivity contribution in [1.29, 1.82) is 0 Å². The van der Waals surface area contributed by atoms with Crippen molar-refractivity contribution >= 4 is 39.9 Å². The SMILES string of the molecule is C=CCOC(=O)c1sc(N2C(=O)C(=O)/C(=C(/O)c3cccc(OCCCC)c3)C2c2ccc(OCc3ccccc3)cc2)nc1C. The Morgan fingerprint density at radius 1 is 1.02 bits per heavy atom. The summed E-state index contributed by atoms with van der Waals surface area (Å²) in [4.78, 5) is 46.0. The molecule has 3 aromatic carbocycles. The van der Waals surface area contributed by atoms with Gasteiger partial charge in [-0.05, 0) is 48.7 Å². The molecule has 0 saturated carbocycles. The molecule has 0 bridgehead atoms. The Morgan fingerprint density at radius 2 is 1.78 bits per heavy atom. The predicted molar refractivity (Wildman–Crippen MR) is 176 cm³/mol. The van der Waals surface area contributed by atoms with Crippen molar-refractivity contribution in [1.82, 2.24) is 4.98 Å². The summed E-state index contributed by atoms with van der Waals surface area (Å²) >= 11 is 0.936. The molecule has 4 aromatic rings. The first-order valence-electron chi connectivity index (χ1n) is 14.9. The smallest absolute Gasteiger partial charge is 0.350 e. The van der Waals surface area contributed by atoms with Gasteiger partial charge >= 0.3 is 11.9 Å². The monoisotopic (exact) mass is 638 g/mol. The number of thiazole rings is 1. The van der Waals surface area contributed by atoms with Crippen LogP contribution < -0.4 is 14.4 Å². The molecule has 1 aliphatic heterocycles. The Kier molecular flexibility index (Phi) is 10.3. The number of anilines is 1. The summed E-state index contributed by atoms with van der Waals surface area (Å²) in [6, 6.07) is 22.4. The first-order valence-corrected chi connectivity index (χ1v) is 15.7. The van der Waals surface area contributed by atoms with Crippen LogP contribution in [0, 0.1) is 6.92 Å². The van der Waals surface area contributed by atoms with Crippen LogP contribution in [0.5, 0.6) is 11.5 Å². The molecule has 1 saturated heterocycles. The molecular weight excluding hydrogens is 604 g/mol. The lowest BCUT2D eigenvalue weighted by atomic mass is 9.95. The highest BCUT2D eigenvalue weighted by Gasteiger charge is 2.48. The van der Waals surface area contributed by atoms with Crippen molar-refractivity contribution in [2.24, 2.45) is 0 Å². The van der Waals surface area contributed by atoms with Gasteiger partial charge < -0.3 is 19.3 Å². The largest absolute Gasteiger partial charge is 0.507 e. The zero-order valence-corrected chi connectivity index (χ0v) is 26.4. The van der Waals surface area contributed by atoms with E-state index in [1.165, 1.54) is 11.0 Å². The van der Waals surface area contributed by atoms with E-state index in [2.05, 4.69) is 18.5 Å². The number of ether oxygens (including phenoxy) is 3. The molecule has 1 aliphatic rings. The summed E-state index contributed by atoms with van der Waals surface area (Å²) in [5.74, 6) is -1.62. The van der Waals surface area contributed by atoms with Crippen LogP contribution in [0.15, 0.2) is 97.1 Å². The van der Waals surface area contributed by atoms with Crippen LogP contribution in [0.25, 0.3) is 5.76 Å². The minimum atomic E-state index is -1.05. The number of aryl methyl sites for hydroxylation is 1. The number of aliphatic hydroxyl groups is 1. The fourth-order valence-corrected chi connectivity index (χ4v) is 5.92. The summed E-state index contributed by atoms with van der Waals surface area (Å²) in [5.41, 5.74) is 2.09. The molecule has 1 amide bonds. The van der Waals surface area contributed by atoms with E-state index in [4.69, 9.17) is 14.2 Å². The molecule has 1 unspecified atom stereocenters. The minimum absolute atomic E-state index is 0.00986. The van der Waals surface area contributed by atoms with Gasteiger partial charge in [-0.1, -0.05) is 91.9 Å². The van der Waals surface area contributed by atoms with Gasteiger partial charge in [0.25, 0.3) is 5.78 Å². The summed E-state index contributed by atoms with van der Waals surface area (Å²) in [6.45, 7) is 8.12. The average molecular weight is 639 g/mol. The third-order valence-electron chi connectivity index (χ3n) is 7.27. The van der Waals surface area contributed by atoms with Crippen LogP contribution in [0.2, 0.25) is 0 Å². The standard InChI is InChI=1S/C36H34N2O7S/c1-4-6-20-43-28-14-10-13-26(21-28)31(39)29-30(25-15-17-27(18-16-25)45-22-24-11-8-7-9-12-24)38(34(41)32(29)40)36-37-23(3)33(46-36)35(42)44-19-5-2/h5,7-18,21,30,39H,2,4,6,19-20,22H2,1,3H3/b31-29+. The highest BCUT2D eigenvalue weighted by Crippen LogP contribution is 2.44. The molecule has 0 radical (unpaired) electrons. The summed E-state index contributed by atoms with van der Waals surface area (Å²) < 4.78 is 17.0. The first-order chi connectivity index (χ1) is 22.3. The molecule has 2 heterocycles. The van der Waals surface area contributed by atoms with Gasteiger partial charge in [0.2, 0.25) is 0 Å². The number of aromatic nitrogens is 1. The van der Waals surface area contributed by atoms with Gasteiger partial charge in [0.1, 0.15) is 35.3 Å². The van der Waals surface area contributed by atoms with E-state index in [1.807, 2.05) is 30.3 Å².